The number of amides is 1. The van der Waals surface area contributed by atoms with E-state index in [2.05, 4.69) is 16.2 Å². The Morgan fingerprint density at radius 3 is 2.50 bits per heavy atom. The van der Waals surface area contributed by atoms with E-state index in [4.69, 9.17) is 9.26 Å². The Bertz CT molecular complexity index is 945. The molecule has 0 saturated heterocycles. The van der Waals surface area contributed by atoms with Crippen LogP contribution in [0.3, 0.4) is 0 Å². The van der Waals surface area contributed by atoms with Crippen LogP contribution in [0.5, 0.6) is 5.75 Å². The summed E-state index contributed by atoms with van der Waals surface area (Å²) in [7, 11) is 0. The molecule has 3 rings (SSSR count). The van der Waals surface area contributed by atoms with Crippen molar-refractivity contribution >= 4 is 5.91 Å². The van der Waals surface area contributed by atoms with Gasteiger partial charge in [-0.05, 0) is 57.0 Å². The third kappa shape index (κ3) is 4.97. The van der Waals surface area contributed by atoms with Crippen LogP contribution in [0.25, 0.3) is 11.4 Å². The standard InChI is InChI=1S/C22H25N3O3/c1-5-25(21(26)14-27-19-11-16(3)9-17(4)12-19)13-20-23-22(24-28-20)18-8-6-7-15(2)10-18/h6-12H,5,13-14H2,1-4H3. The molecule has 0 N–H and O–H groups in total. The summed E-state index contributed by atoms with van der Waals surface area (Å²) in [4.78, 5) is 18.6. The molecule has 0 radical (unpaired) electrons. The lowest BCUT2D eigenvalue weighted by molar-refractivity contribution is -0.134. The highest BCUT2D eigenvalue weighted by molar-refractivity contribution is 5.77. The number of hydrogen-bond donors (Lipinski definition) is 0. The molecule has 6 nitrogen and oxygen atoms in total. The molecule has 0 fully saturated rings. The maximum Gasteiger partial charge on any atom is 0.260 e. The first kappa shape index (κ1) is 19.6. The molecule has 6 heteroatoms. The lowest BCUT2D eigenvalue weighted by Gasteiger charge is -2.19. The van der Waals surface area contributed by atoms with Crippen molar-refractivity contribution in [1.29, 1.82) is 0 Å². The number of hydrogen-bond acceptors (Lipinski definition) is 5. The summed E-state index contributed by atoms with van der Waals surface area (Å²) in [6.07, 6.45) is 0. The summed E-state index contributed by atoms with van der Waals surface area (Å²) in [6, 6.07) is 13.8. The highest BCUT2D eigenvalue weighted by Crippen LogP contribution is 2.18. The quantitative estimate of drug-likeness (QED) is 0.618. The summed E-state index contributed by atoms with van der Waals surface area (Å²) >= 11 is 0. The van der Waals surface area contributed by atoms with Crippen LogP contribution in [0.15, 0.2) is 47.0 Å². The molecule has 0 aliphatic carbocycles. The number of nitrogens with zero attached hydrogens (tertiary/aromatic N) is 3. The molecule has 3 aromatic rings. The number of likely N-dealkylation sites (N-methyl/N-ethyl adjacent to an activating group) is 1. The van der Waals surface area contributed by atoms with Crippen molar-refractivity contribution in [2.75, 3.05) is 13.2 Å². The minimum atomic E-state index is -0.128. The Morgan fingerprint density at radius 2 is 1.82 bits per heavy atom. The van der Waals surface area contributed by atoms with E-state index in [9.17, 15) is 4.79 Å². The molecule has 146 valence electrons. The number of aromatic nitrogens is 2. The fourth-order valence-corrected chi connectivity index (χ4v) is 3.01. The van der Waals surface area contributed by atoms with Crippen LogP contribution in [0.2, 0.25) is 0 Å². The van der Waals surface area contributed by atoms with Crippen molar-refractivity contribution in [2.45, 2.75) is 34.2 Å². The average molecular weight is 379 g/mol. The maximum atomic E-state index is 12.6. The first-order chi connectivity index (χ1) is 13.4. The summed E-state index contributed by atoms with van der Waals surface area (Å²) < 4.78 is 11.0. The largest absolute Gasteiger partial charge is 0.484 e. The van der Waals surface area contributed by atoms with Crippen LogP contribution in [-0.2, 0) is 11.3 Å². The SMILES string of the molecule is CCN(Cc1nc(-c2cccc(C)c2)no1)C(=O)COc1cc(C)cc(C)c1. The van der Waals surface area contributed by atoms with E-state index in [0.717, 1.165) is 22.3 Å². The van der Waals surface area contributed by atoms with Crippen LogP contribution < -0.4 is 4.74 Å². The van der Waals surface area contributed by atoms with E-state index in [1.807, 2.05) is 64.1 Å². The van der Waals surface area contributed by atoms with Gasteiger partial charge >= 0.3 is 0 Å². The summed E-state index contributed by atoms with van der Waals surface area (Å²) in [5.41, 5.74) is 4.22. The van der Waals surface area contributed by atoms with Crippen molar-refractivity contribution < 1.29 is 14.1 Å². The molecule has 1 heterocycles. The van der Waals surface area contributed by atoms with Gasteiger partial charge in [-0.3, -0.25) is 4.79 Å². The molecular weight excluding hydrogens is 354 g/mol. The van der Waals surface area contributed by atoms with Gasteiger partial charge < -0.3 is 14.2 Å². The first-order valence-electron chi connectivity index (χ1n) is 9.33. The second-order valence-electron chi connectivity index (χ2n) is 6.90. The fraction of sp³-hybridized carbons (Fsp3) is 0.318. The van der Waals surface area contributed by atoms with Gasteiger partial charge in [-0.2, -0.15) is 4.98 Å². The van der Waals surface area contributed by atoms with Gasteiger partial charge in [0.15, 0.2) is 6.61 Å². The normalized spacial score (nSPS) is 10.7. The third-order valence-electron chi connectivity index (χ3n) is 4.36. The zero-order valence-electron chi connectivity index (χ0n) is 16.7. The van der Waals surface area contributed by atoms with Gasteiger partial charge in [-0.15, -0.1) is 0 Å². The molecule has 0 saturated carbocycles. The number of aryl methyl sites for hydroxylation is 3. The topological polar surface area (TPSA) is 68.5 Å². The van der Waals surface area contributed by atoms with Gasteiger partial charge in [0.1, 0.15) is 12.3 Å². The van der Waals surface area contributed by atoms with Crippen LogP contribution in [0.4, 0.5) is 0 Å². The van der Waals surface area contributed by atoms with Gasteiger partial charge in [-0.25, -0.2) is 0 Å². The number of benzene rings is 2. The second kappa shape index (κ2) is 8.69. The van der Waals surface area contributed by atoms with E-state index >= 15 is 0 Å². The Hall–Kier alpha value is -3.15. The van der Waals surface area contributed by atoms with Crippen LogP contribution in [0.1, 0.15) is 29.5 Å². The molecule has 0 unspecified atom stereocenters. The minimum Gasteiger partial charge on any atom is -0.484 e. The lowest BCUT2D eigenvalue weighted by atomic mass is 10.1. The number of ether oxygens (including phenoxy) is 1. The predicted octanol–water partition coefficient (Wildman–Crippen LogP) is 4.09. The van der Waals surface area contributed by atoms with E-state index < -0.39 is 0 Å². The highest BCUT2D eigenvalue weighted by Gasteiger charge is 2.17. The molecule has 28 heavy (non-hydrogen) atoms. The van der Waals surface area contributed by atoms with Crippen LogP contribution >= 0.6 is 0 Å². The number of carbonyl (C=O) groups is 1. The summed E-state index contributed by atoms with van der Waals surface area (Å²) in [6.45, 7) is 8.67. The molecule has 0 atom stereocenters. The zero-order chi connectivity index (χ0) is 20.1. The lowest BCUT2D eigenvalue weighted by Crippen LogP contribution is -2.34. The Morgan fingerprint density at radius 1 is 1.07 bits per heavy atom. The number of rotatable bonds is 7. The van der Waals surface area contributed by atoms with E-state index in [1.54, 1.807) is 4.90 Å². The van der Waals surface area contributed by atoms with Gasteiger partial charge in [0.2, 0.25) is 11.7 Å². The van der Waals surface area contributed by atoms with Crippen molar-refractivity contribution in [3.8, 4) is 17.1 Å². The average Bonchev–Trinajstić information content (AvgIpc) is 3.12. The molecular formula is C22H25N3O3. The van der Waals surface area contributed by atoms with Crippen molar-refractivity contribution in [2.24, 2.45) is 0 Å². The Kier molecular flexibility index (Phi) is 6.09. The van der Waals surface area contributed by atoms with Gasteiger partial charge in [0.25, 0.3) is 5.91 Å². The van der Waals surface area contributed by atoms with E-state index in [-0.39, 0.29) is 19.1 Å². The molecule has 1 amide bonds. The van der Waals surface area contributed by atoms with Crippen LogP contribution in [0, 0.1) is 20.8 Å². The second-order valence-corrected chi connectivity index (χ2v) is 6.90. The number of carbonyl (C=O) groups excluding carboxylic acids is 1. The summed E-state index contributed by atoms with van der Waals surface area (Å²) in [5, 5.41) is 4.03. The molecule has 0 spiro atoms. The van der Waals surface area contributed by atoms with Gasteiger partial charge in [0.05, 0.1) is 0 Å². The highest BCUT2D eigenvalue weighted by atomic mass is 16.5. The summed E-state index contributed by atoms with van der Waals surface area (Å²) in [5.74, 6) is 1.49. The Labute approximate surface area is 165 Å². The fourth-order valence-electron chi connectivity index (χ4n) is 3.01. The Balaban J connectivity index is 1.63. The van der Waals surface area contributed by atoms with Crippen molar-refractivity contribution in [1.82, 2.24) is 15.0 Å². The van der Waals surface area contributed by atoms with Crippen molar-refractivity contribution in [3.05, 3.63) is 65.0 Å². The van der Waals surface area contributed by atoms with Crippen LogP contribution in [-0.4, -0.2) is 34.1 Å². The van der Waals surface area contributed by atoms with Gasteiger partial charge in [-0.1, -0.05) is 35.0 Å². The zero-order valence-corrected chi connectivity index (χ0v) is 16.7. The molecule has 0 aliphatic heterocycles. The first-order valence-corrected chi connectivity index (χ1v) is 9.33. The smallest absolute Gasteiger partial charge is 0.260 e. The predicted molar refractivity (Wildman–Crippen MR) is 107 cm³/mol. The van der Waals surface area contributed by atoms with Gasteiger partial charge in [0, 0.05) is 12.1 Å². The van der Waals surface area contributed by atoms with Crippen molar-refractivity contribution in [3.63, 3.8) is 0 Å². The van der Waals surface area contributed by atoms with E-state index in [1.165, 1.54) is 0 Å². The molecule has 0 bridgehead atoms. The monoisotopic (exact) mass is 379 g/mol. The maximum absolute atomic E-state index is 12.6. The molecule has 1 aromatic heterocycles. The minimum absolute atomic E-state index is 0.0321. The molecule has 0 aliphatic rings. The molecule has 2 aromatic carbocycles. The van der Waals surface area contributed by atoms with E-state index in [0.29, 0.717) is 24.0 Å². The third-order valence-corrected chi connectivity index (χ3v) is 4.36.